The number of likely N-dealkylation sites (N-methyl/N-ethyl adjacent to an activating group) is 1. The van der Waals surface area contributed by atoms with E-state index in [1.807, 2.05) is 6.92 Å². The molecule has 6 heteroatoms. The maximum atomic E-state index is 10.4. The van der Waals surface area contributed by atoms with Crippen LogP contribution < -0.4 is 5.32 Å². The molecule has 0 saturated carbocycles. The zero-order valence-electron chi connectivity index (χ0n) is 8.19. The first kappa shape index (κ1) is 12.9. The summed E-state index contributed by atoms with van der Waals surface area (Å²) in [5.41, 5.74) is 0. The van der Waals surface area contributed by atoms with Crippen LogP contribution in [0.15, 0.2) is 0 Å². The number of carboxylic acids is 2. The Morgan fingerprint density at radius 3 is 2.36 bits per heavy atom. The number of hydrogen-bond donors (Lipinski definition) is 3. The molecule has 0 amide bonds. The average Bonchev–Trinajstić information content (AvgIpc) is 2.09. The normalized spacial score (nSPS) is 10.4. The van der Waals surface area contributed by atoms with E-state index < -0.39 is 11.9 Å². The van der Waals surface area contributed by atoms with Gasteiger partial charge in [0.25, 0.3) is 0 Å². The third-order valence-corrected chi connectivity index (χ3v) is 1.69. The Hall–Kier alpha value is -1.14. The maximum absolute atomic E-state index is 10.4. The van der Waals surface area contributed by atoms with Gasteiger partial charge in [0, 0.05) is 13.1 Å². The van der Waals surface area contributed by atoms with Gasteiger partial charge in [-0.1, -0.05) is 6.92 Å². The van der Waals surface area contributed by atoms with Crippen molar-refractivity contribution in [3.8, 4) is 0 Å². The SMILES string of the molecule is CCN(CCNCC(=O)O)CC(=O)O. The minimum Gasteiger partial charge on any atom is -0.480 e. The fraction of sp³-hybridized carbons (Fsp3) is 0.750. The number of hydrogen-bond acceptors (Lipinski definition) is 4. The average molecular weight is 204 g/mol. The van der Waals surface area contributed by atoms with Gasteiger partial charge in [0.2, 0.25) is 0 Å². The molecule has 0 aliphatic carbocycles. The zero-order chi connectivity index (χ0) is 11.0. The van der Waals surface area contributed by atoms with Crippen molar-refractivity contribution in [3.63, 3.8) is 0 Å². The Morgan fingerprint density at radius 2 is 1.93 bits per heavy atom. The molecule has 0 aliphatic rings. The third kappa shape index (κ3) is 7.51. The van der Waals surface area contributed by atoms with Crippen molar-refractivity contribution in [3.05, 3.63) is 0 Å². The van der Waals surface area contributed by atoms with Gasteiger partial charge in [-0.05, 0) is 6.54 Å². The second-order valence-corrected chi connectivity index (χ2v) is 2.83. The van der Waals surface area contributed by atoms with Crippen LogP contribution in [0, 0.1) is 0 Å². The molecule has 0 fully saturated rings. The first-order valence-corrected chi connectivity index (χ1v) is 4.43. The lowest BCUT2D eigenvalue weighted by atomic mass is 10.4. The quantitative estimate of drug-likeness (QED) is 0.442. The summed E-state index contributed by atoms with van der Waals surface area (Å²) in [6, 6.07) is 0. The van der Waals surface area contributed by atoms with Gasteiger partial charge >= 0.3 is 11.9 Å². The predicted octanol–water partition coefficient (Wildman–Crippen LogP) is -0.933. The van der Waals surface area contributed by atoms with Crippen LogP contribution in [0.1, 0.15) is 6.92 Å². The second kappa shape index (κ2) is 7.28. The molecule has 82 valence electrons. The summed E-state index contributed by atoms with van der Waals surface area (Å²) in [7, 11) is 0. The van der Waals surface area contributed by atoms with Gasteiger partial charge in [-0.2, -0.15) is 0 Å². The van der Waals surface area contributed by atoms with Crippen LogP contribution in [-0.2, 0) is 9.59 Å². The zero-order valence-corrected chi connectivity index (χ0v) is 8.19. The molecule has 0 aliphatic heterocycles. The summed E-state index contributed by atoms with van der Waals surface area (Å²) in [6.45, 7) is 3.42. The lowest BCUT2D eigenvalue weighted by Gasteiger charge is -2.17. The number of nitrogens with zero attached hydrogens (tertiary/aromatic N) is 1. The second-order valence-electron chi connectivity index (χ2n) is 2.83. The Morgan fingerprint density at radius 1 is 1.29 bits per heavy atom. The Balaban J connectivity index is 3.52. The molecule has 0 saturated heterocycles. The fourth-order valence-electron chi connectivity index (χ4n) is 0.973. The third-order valence-electron chi connectivity index (χ3n) is 1.69. The van der Waals surface area contributed by atoms with E-state index in [-0.39, 0.29) is 13.1 Å². The molecule has 0 spiro atoms. The maximum Gasteiger partial charge on any atom is 0.317 e. The van der Waals surface area contributed by atoms with Crippen LogP contribution in [-0.4, -0.2) is 59.8 Å². The van der Waals surface area contributed by atoms with Crippen molar-refractivity contribution in [1.29, 1.82) is 0 Å². The minimum absolute atomic E-state index is 0.00868. The van der Waals surface area contributed by atoms with Gasteiger partial charge in [-0.3, -0.25) is 14.5 Å². The van der Waals surface area contributed by atoms with Gasteiger partial charge in [0.15, 0.2) is 0 Å². The van der Waals surface area contributed by atoms with Crippen molar-refractivity contribution >= 4 is 11.9 Å². The standard InChI is InChI=1S/C8H16N2O4/c1-2-10(6-8(13)14)4-3-9-5-7(11)12/h9H,2-6H2,1H3,(H,11,12)(H,13,14). The Labute approximate surface area is 82.5 Å². The van der Waals surface area contributed by atoms with E-state index in [2.05, 4.69) is 5.32 Å². The molecule has 0 bridgehead atoms. The highest BCUT2D eigenvalue weighted by Crippen LogP contribution is 1.85. The van der Waals surface area contributed by atoms with Gasteiger partial charge < -0.3 is 15.5 Å². The number of nitrogens with one attached hydrogen (secondary N) is 1. The lowest BCUT2D eigenvalue weighted by Crippen LogP contribution is -2.37. The predicted molar refractivity (Wildman–Crippen MR) is 50.3 cm³/mol. The largest absolute Gasteiger partial charge is 0.480 e. The number of carboxylic acid groups (broad SMARTS) is 2. The van der Waals surface area contributed by atoms with Crippen molar-refractivity contribution in [2.24, 2.45) is 0 Å². The molecule has 0 radical (unpaired) electrons. The molecule has 0 atom stereocenters. The van der Waals surface area contributed by atoms with E-state index in [1.54, 1.807) is 4.90 Å². The van der Waals surface area contributed by atoms with E-state index in [1.165, 1.54) is 0 Å². The molecule has 0 aromatic carbocycles. The minimum atomic E-state index is -0.911. The monoisotopic (exact) mass is 204 g/mol. The van der Waals surface area contributed by atoms with Gasteiger partial charge in [-0.25, -0.2) is 0 Å². The summed E-state index contributed by atoms with van der Waals surface area (Å²) in [6.07, 6.45) is 0. The first-order chi connectivity index (χ1) is 6.56. The Bertz CT molecular complexity index is 196. The van der Waals surface area contributed by atoms with Crippen molar-refractivity contribution in [2.45, 2.75) is 6.92 Å². The lowest BCUT2D eigenvalue weighted by molar-refractivity contribution is -0.138. The van der Waals surface area contributed by atoms with Gasteiger partial charge in [0.1, 0.15) is 0 Å². The molecule has 0 unspecified atom stereocenters. The number of aliphatic carboxylic acids is 2. The van der Waals surface area contributed by atoms with E-state index in [0.717, 1.165) is 0 Å². The Kier molecular flexibility index (Phi) is 6.69. The molecular formula is C8H16N2O4. The highest BCUT2D eigenvalue weighted by molar-refractivity contribution is 5.69. The van der Waals surface area contributed by atoms with Crippen molar-refractivity contribution in [1.82, 2.24) is 10.2 Å². The number of carbonyl (C=O) groups is 2. The molecule has 6 nitrogen and oxygen atoms in total. The van der Waals surface area contributed by atoms with Crippen LogP contribution in [0.5, 0.6) is 0 Å². The van der Waals surface area contributed by atoms with E-state index in [0.29, 0.717) is 19.6 Å². The molecule has 0 heterocycles. The summed E-state index contributed by atoms with van der Waals surface area (Å²) in [5, 5.41) is 19.5. The summed E-state index contributed by atoms with van der Waals surface area (Å²) >= 11 is 0. The van der Waals surface area contributed by atoms with E-state index in [9.17, 15) is 9.59 Å². The van der Waals surface area contributed by atoms with Gasteiger partial charge in [0.05, 0.1) is 13.1 Å². The number of rotatable bonds is 8. The molecular weight excluding hydrogens is 188 g/mol. The van der Waals surface area contributed by atoms with Crippen LogP contribution >= 0.6 is 0 Å². The van der Waals surface area contributed by atoms with Crippen LogP contribution in [0.2, 0.25) is 0 Å². The molecule has 0 aromatic rings. The summed E-state index contributed by atoms with van der Waals surface area (Å²) < 4.78 is 0. The van der Waals surface area contributed by atoms with Crippen molar-refractivity contribution in [2.75, 3.05) is 32.7 Å². The smallest absolute Gasteiger partial charge is 0.317 e. The summed E-state index contributed by atoms with van der Waals surface area (Å²) in [5.74, 6) is -1.78. The highest BCUT2D eigenvalue weighted by Gasteiger charge is 2.06. The molecule has 3 N–H and O–H groups in total. The molecule has 0 rings (SSSR count). The first-order valence-electron chi connectivity index (χ1n) is 4.43. The highest BCUT2D eigenvalue weighted by atomic mass is 16.4. The molecule has 0 aromatic heterocycles. The summed E-state index contributed by atoms with van der Waals surface area (Å²) in [4.78, 5) is 22.2. The van der Waals surface area contributed by atoms with Crippen LogP contribution in [0.25, 0.3) is 0 Å². The van der Waals surface area contributed by atoms with E-state index >= 15 is 0 Å². The van der Waals surface area contributed by atoms with Crippen LogP contribution in [0.3, 0.4) is 0 Å². The fourth-order valence-corrected chi connectivity index (χ4v) is 0.973. The molecule has 14 heavy (non-hydrogen) atoms. The van der Waals surface area contributed by atoms with Crippen LogP contribution in [0.4, 0.5) is 0 Å². The van der Waals surface area contributed by atoms with Crippen molar-refractivity contribution < 1.29 is 19.8 Å². The van der Waals surface area contributed by atoms with Gasteiger partial charge in [-0.15, -0.1) is 0 Å². The topological polar surface area (TPSA) is 89.9 Å². The van der Waals surface area contributed by atoms with E-state index in [4.69, 9.17) is 10.2 Å².